The van der Waals surface area contributed by atoms with E-state index in [4.69, 9.17) is 4.74 Å². The number of hydrogen-bond donors (Lipinski definition) is 0. The molecule has 1 aromatic carbocycles. The topological polar surface area (TPSA) is 80.4 Å². The van der Waals surface area contributed by atoms with E-state index >= 15 is 0 Å². The van der Waals surface area contributed by atoms with Gasteiger partial charge in [-0.3, -0.25) is 14.6 Å². The molecule has 1 fully saturated rings. The Morgan fingerprint density at radius 3 is 2.46 bits per heavy atom. The quantitative estimate of drug-likeness (QED) is 0.613. The summed E-state index contributed by atoms with van der Waals surface area (Å²) < 4.78 is 5.73. The first kappa shape index (κ1) is 16.2. The van der Waals surface area contributed by atoms with Crippen LogP contribution in [-0.2, 0) is 9.53 Å². The van der Waals surface area contributed by atoms with Gasteiger partial charge in [0.15, 0.2) is 0 Å². The highest BCUT2D eigenvalue weighted by Crippen LogP contribution is 2.38. The predicted molar refractivity (Wildman–Crippen MR) is 88.5 cm³/mol. The minimum atomic E-state index is -0.291. The third-order valence-corrected chi connectivity index (χ3v) is 4.23. The summed E-state index contributed by atoms with van der Waals surface area (Å²) in [7, 11) is 0. The molecule has 0 radical (unpaired) electrons. The van der Waals surface area contributed by atoms with E-state index in [2.05, 4.69) is 4.90 Å². The molecular weight excluding hydrogens is 304 g/mol. The smallest absolute Gasteiger partial charge is 0.262 e. The molecule has 6 heteroatoms. The van der Waals surface area contributed by atoms with Crippen LogP contribution in [0.4, 0.5) is 5.69 Å². The first-order chi connectivity index (χ1) is 11.5. The summed E-state index contributed by atoms with van der Waals surface area (Å²) >= 11 is 0. The molecule has 1 amide bonds. The maximum atomic E-state index is 12.9. The molecule has 1 saturated heterocycles. The first-order valence-electron chi connectivity index (χ1n) is 7.88. The number of nitrogens with zero attached hydrogens (tertiary/aromatic N) is 4. The van der Waals surface area contributed by atoms with Crippen molar-refractivity contribution in [2.45, 2.75) is 26.1 Å². The molecule has 2 unspecified atom stereocenters. The van der Waals surface area contributed by atoms with Gasteiger partial charge >= 0.3 is 0 Å². The maximum Gasteiger partial charge on any atom is 0.262 e. The Labute approximate surface area is 141 Å². The number of rotatable bonds is 2. The number of fused-ring (bicyclic) bond motifs is 1. The lowest BCUT2D eigenvalue weighted by molar-refractivity contribution is -0.114. The molecule has 24 heavy (non-hydrogen) atoms. The third kappa shape index (κ3) is 2.78. The van der Waals surface area contributed by atoms with Crippen molar-refractivity contribution in [3.63, 3.8) is 0 Å². The van der Waals surface area contributed by atoms with Crippen LogP contribution in [0.1, 0.15) is 19.4 Å². The van der Waals surface area contributed by atoms with E-state index in [0.717, 1.165) is 18.8 Å². The van der Waals surface area contributed by atoms with Gasteiger partial charge in [0.05, 0.1) is 30.1 Å². The number of anilines is 1. The molecule has 0 aromatic heterocycles. The number of carbonyl (C=O) groups excluding carboxylic acids is 1. The summed E-state index contributed by atoms with van der Waals surface area (Å²) in [6, 6.07) is 11.0. The van der Waals surface area contributed by atoms with E-state index in [1.54, 1.807) is 17.0 Å². The molecule has 0 aliphatic carbocycles. The number of para-hydroxylation sites is 1. The minimum absolute atomic E-state index is 0.102. The number of carbonyl (C=O) groups is 1. The van der Waals surface area contributed by atoms with Gasteiger partial charge in [-0.1, -0.05) is 18.2 Å². The molecule has 6 nitrogen and oxygen atoms in total. The number of ether oxygens (including phenoxy) is 1. The van der Waals surface area contributed by atoms with Gasteiger partial charge in [0.1, 0.15) is 17.7 Å². The van der Waals surface area contributed by atoms with Crippen LogP contribution in [0.3, 0.4) is 0 Å². The molecule has 0 saturated carbocycles. The Kier molecular flexibility index (Phi) is 4.35. The molecule has 0 N–H and O–H groups in total. The lowest BCUT2D eigenvalue weighted by Crippen LogP contribution is -2.50. The van der Waals surface area contributed by atoms with Crippen molar-refractivity contribution >= 4 is 17.2 Å². The van der Waals surface area contributed by atoms with Gasteiger partial charge < -0.3 is 4.74 Å². The summed E-state index contributed by atoms with van der Waals surface area (Å²) in [6.07, 6.45) is 0.205. The molecule has 2 atom stereocenters. The molecule has 1 aromatic rings. The Morgan fingerprint density at radius 2 is 1.83 bits per heavy atom. The van der Waals surface area contributed by atoms with Crippen LogP contribution >= 0.6 is 0 Å². The van der Waals surface area contributed by atoms with Gasteiger partial charge in [-0.2, -0.15) is 10.5 Å². The summed E-state index contributed by atoms with van der Waals surface area (Å²) in [6.45, 7) is 5.91. The molecule has 122 valence electrons. The summed E-state index contributed by atoms with van der Waals surface area (Å²) in [5.41, 5.74) is 1.45. The zero-order valence-corrected chi connectivity index (χ0v) is 13.7. The summed E-state index contributed by atoms with van der Waals surface area (Å²) in [5, 5.41) is 18.4. The van der Waals surface area contributed by atoms with Crippen LogP contribution < -0.4 is 4.90 Å². The SMILES string of the molecule is CC1CN(CN2C(=O)C(=C(C#N)C#N)c3ccccc32)CC(C)O1. The zero-order valence-electron chi connectivity index (χ0n) is 13.7. The fraction of sp³-hybridized carbons (Fsp3) is 0.389. The van der Waals surface area contributed by atoms with Crippen LogP contribution in [-0.4, -0.2) is 42.8 Å². The average Bonchev–Trinajstić information content (AvgIpc) is 2.81. The number of amides is 1. The molecule has 2 aliphatic rings. The molecule has 2 heterocycles. The molecule has 0 spiro atoms. The van der Waals surface area contributed by atoms with E-state index in [0.29, 0.717) is 12.2 Å². The normalized spacial score (nSPS) is 23.6. The first-order valence-corrected chi connectivity index (χ1v) is 7.88. The monoisotopic (exact) mass is 322 g/mol. The second-order valence-electron chi connectivity index (χ2n) is 6.16. The van der Waals surface area contributed by atoms with E-state index in [1.807, 2.05) is 38.1 Å². The van der Waals surface area contributed by atoms with E-state index in [9.17, 15) is 15.3 Å². The van der Waals surface area contributed by atoms with Crippen molar-refractivity contribution in [2.75, 3.05) is 24.7 Å². The number of allylic oxidation sites excluding steroid dienone is 1. The van der Waals surface area contributed by atoms with Crippen molar-refractivity contribution < 1.29 is 9.53 Å². The summed E-state index contributed by atoms with van der Waals surface area (Å²) in [4.78, 5) is 16.7. The van der Waals surface area contributed by atoms with Crippen LogP contribution in [0.5, 0.6) is 0 Å². The Morgan fingerprint density at radius 1 is 1.21 bits per heavy atom. The van der Waals surface area contributed by atoms with Crippen LogP contribution in [0.2, 0.25) is 0 Å². The van der Waals surface area contributed by atoms with Gasteiger partial charge in [0.2, 0.25) is 0 Å². The number of benzene rings is 1. The number of nitriles is 2. The van der Waals surface area contributed by atoms with Crippen molar-refractivity contribution in [3.05, 3.63) is 35.4 Å². The zero-order chi connectivity index (χ0) is 17.3. The summed E-state index contributed by atoms with van der Waals surface area (Å²) in [5.74, 6) is -0.291. The third-order valence-electron chi connectivity index (χ3n) is 4.23. The highest BCUT2D eigenvalue weighted by atomic mass is 16.5. The van der Waals surface area contributed by atoms with Gasteiger partial charge in [-0.15, -0.1) is 0 Å². The largest absolute Gasteiger partial charge is 0.373 e. The molecule has 2 aliphatic heterocycles. The molecule has 0 bridgehead atoms. The Hall–Kier alpha value is -2.67. The van der Waals surface area contributed by atoms with Crippen LogP contribution in [0, 0.1) is 22.7 Å². The molecule has 3 rings (SSSR count). The second-order valence-corrected chi connectivity index (χ2v) is 6.16. The lowest BCUT2D eigenvalue weighted by Gasteiger charge is -2.37. The second kappa shape index (κ2) is 6.45. The van der Waals surface area contributed by atoms with Crippen molar-refractivity contribution in [2.24, 2.45) is 0 Å². The molecular formula is C18H18N4O2. The van der Waals surface area contributed by atoms with Crippen molar-refractivity contribution in [3.8, 4) is 12.1 Å². The minimum Gasteiger partial charge on any atom is -0.373 e. The van der Waals surface area contributed by atoms with E-state index in [1.165, 1.54) is 0 Å². The standard InChI is InChI=1S/C18H18N4O2/c1-12-9-21(10-13(2)24-12)11-22-16-6-4-3-5-15(16)17(18(22)23)14(7-19)8-20/h3-6,12-13H,9-11H2,1-2H3. The predicted octanol–water partition coefficient (Wildman–Crippen LogP) is 1.90. The van der Waals surface area contributed by atoms with Gasteiger partial charge in [-0.05, 0) is 19.9 Å². The average molecular weight is 322 g/mol. The van der Waals surface area contributed by atoms with Crippen LogP contribution in [0.15, 0.2) is 29.8 Å². The number of hydrogen-bond acceptors (Lipinski definition) is 5. The lowest BCUT2D eigenvalue weighted by atomic mass is 10.0. The van der Waals surface area contributed by atoms with Crippen molar-refractivity contribution in [1.29, 1.82) is 10.5 Å². The van der Waals surface area contributed by atoms with Gasteiger partial charge in [0.25, 0.3) is 5.91 Å². The highest BCUT2D eigenvalue weighted by Gasteiger charge is 2.36. The maximum absolute atomic E-state index is 12.9. The highest BCUT2D eigenvalue weighted by molar-refractivity contribution is 6.34. The fourth-order valence-electron chi connectivity index (χ4n) is 3.40. The van der Waals surface area contributed by atoms with Gasteiger partial charge in [-0.25, -0.2) is 0 Å². The number of morpholine rings is 1. The Balaban J connectivity index is 1.96. The van der Waals surface area contributed by atoms with E-state index < -0.39 is 0 Å². The Bertz CT molecular complexity index is 761. The van der Waals surface area contributed by atoms with Gasteiger partial charge in [0, 0.05) is 18.7 Å². The van der Waals surface area contributed by atoms with Crippen molar-refractivity contribution in [1.82, 2.24) is 4.90 Å². The fourth-order valence-corrected chi connectivity index (χ4v) is 3.40. The van der Waals surface area contributed by atoms with E-state index in [-0.39, 0.29) is 29.3 Å². The van der Waals surface area contributed by atoms with Crippen LogP contribution in [0.25, 0.3) is 5.57 Å².